The number of likely N-dealkylation sites (tertiary alicyclic amines) is 1. The molecular formula is C24H27FN6O2. The van der Waals surface area contributed by atoms with E-state index in [1.165, 1.54) is 12.1 Å². The summed E-state index contributed by atoms with van der Waals surface area (Å²) in [6, 6.07) is 8.85. The van der Waals surface area contributed by atoms with Crippen molar-refractivity contribution in [2.75, 3.05) is 43.5 Å². The van der Waals surface area contributed by atoms with E-state index in [0.717, 1.165) is 24.1 Å². The van der Waals surface area contributed by atoms with Gasteiger partial charge >= 0.3 is 0 Å². The second-order valence-electron chi connectivity index (χ2n) is 9.09. The molecule has 0 radical (unpaired) electrons. The van der Waals surface area contributed by atoms with Crippen LogP contribution < -0.4 is 15.0 Å². The summed E-state index contributed by atoms with van der Waals surface area (Å²) < 4.78 is 19.2. The number of likely N-dealkylation sites (N-methyl/N-ethyl adjacent to an activating group) is 1. The van der Waals surface area contributed by atoms with Gasteiger partial charge in [0.1, 0.15) is 5.82 Å². The zero-order chi connectivity index (χ0) is 23.0. The lowest BCUT2D eigenvalue weighted by molar-refractivity contribution is -0.132. The number of carbonyl (C=O) groups is 1. The first-order chi connectivity index (χ1) is 16.0. The molecule has 5 rings (SSSR count). The van der Waals surface area contributed by atoms with Crippen molar-refractivity contribution in [3.8, 4) is 11.8 Å². The fraction of sp³-hybridized carbons (Fsp3) is 0.500. The third-order valence-corrected chi connectivity index (χ3v) is 6.99. The van der Waals surface area contributed by atoms with Crippen LogP contribution in [0.3, 0.4) is 0 Å². The Morgan fingerprint density at radius 1 is 1.21 bits per heavy atom. The number of piperidine rings is 2. The van der Waals surface area contributed by atoms with E-state index in [1.54, 1.807) is 17.0 Å². The summed E-state index contributed by atoms with van der Waals surface area (Å²) >= 11 is 0. The molecule has 0 aliphatic carbocycles. The number of rotatable bonds is 4. The van der Waals surface area contributed by atoms with Crippen LogP contribution in [0, 0.1) is 17.1 Å². The van der Waals surface area contributed by atoms with E-state index in [9.17, 15) is 14.4 Å². The molecule has 4 heterocycles. The average Bonchev–Trinajstić information content (AvgIpc) is 3.31. The van der Waals surface area contributed by atoms with Crippen molar-refractivity contribution in [2.24, 2.45) is 0 Å². The van der Waals surface area contributed by atoms with Crippen LogP contribution in [-0.2, 0) is 16.6 Å². The fourth-order valence-corrected chi connectivity index (χ4v) is 4.94. The first-order valence-corrected chi connectivity index (χ1v) is 11.4. The van der Waals surface area contributed by atoms with Gasteiger partial charge in [0.25, 0.3) is 0 Å². The molecular weight excluding hydrogens is 423 g/mol. The maximum Gasteiger partial charge on any atom is 0.227 e. The Hall–Kier alpha value is -3.41. The van der Waals surface area contributed by atoms with Crippen molar-refractivity contribution in [1.29, 1.82) is 5.26 Å². The summed E-state index contributed by atoms with van der Waals surface area (Å²) in [5.74, 6) is 1.87. The molecule has 1 amide bonds. The minimum Gasteiger partial charge on any atom is -0.487 e. The van der Waals surface area contributed by atoms with Gasteiger partial charge in [-0.1, -0.05) is 12.1 Å². The molecule has 172 valence electrons. The molecule has 33 heavy (non-hydrogen) atoms. The molecule has 1 N–H and O–H groups in total. The molecule has 0 saturated carbocycles. The highest BCUT2D eigenvalue weighted by Gasteiger charge is 2.38. The maximum atomic E-state index is 13.4. The third-order valence-electron chi connectivity index (χ3n) is 6.99. The number of carbonyl (C=O) groups excluding carboxylic acids is 1. The Labute approximate surface area is 192 Å². The molecule has 8 nitrogen and oxygen atoms in total. The number of nitrogens with zero attached hydrogens (tertiary/aromatic N) is 5. The Bertz CT molecular complexity index is 1090. The van der Waals surface area contributed by atoms with Crippen molar-refractivity contribution in [3.63, 3.8) is 0 Å². The Balaban J connectivity index is 1.35. The summed E-state index contributed by atoms with van der Waals surface area (Å²) in [5.41, 5.74) is 1.11. The molecule has 1 aromatic heterocycles. The molecule has 9 heteroatoms. The van der Waals surface area contributed by atoms with Crippen LogP contribution in [0.25, 0.3) is 0 Å². The number of amides is 1. The highest BCUT2D eigenvalue weighted by atomic mass is 19.1. The summed E-state index contributed by atoms with van der Waals surface area (Å²) in [7, 11) is 1.82. The Morgan fingerprint density at radius 2 is 1.97 bits per heavy atom. The lowest BCUT2D eigenvalue weighted by Crippen LogP contribution is -2.44. The van der Waals surface area contributed by atoms with Gasteiger partial charge in [0.05, 0.1) is 23.8 Å². The molecule has 2 fully saturated rings. The molecule has 1 atom stereocenters. The van der Waals surface area contributed by atoms with E-state index in [2.05, 4.69) is 16.3 Å². The second kappa shape index (κ2) is 8.50. The largest absolute Gasteiger partial charge is 0.487 e. The predicted molar refractivity (Wildman–Crippen MR) is 121 cm³/mol. The summed E-state index contributed by atoms with van der Waals surface area (Å²) in [6.07, 6.45) is 3.23. The SMILES string of the molecule is CN1C[C@@H](Nc2nc(N3CCC(C#N)(c4ccc(F)cc4)CC3)nc3c2OCC3)CCC1=O. The molecule has 2 aromatic rings. The van der Waals surface area contributed by atoms with Crippen LogP contribution in [-0.4, -0.2) is 60.1 Å². The molecule has 0 unspecified atom stereocenters. The molecule has 2 saturated heterocycles. The van der Waals surface area contributed by atoms with Gasteiger partial charge in [-0.25, -0.2) is 9.37 Å². The second-order valence-corrected chi connectivity index (χ2v) is 9.09. The number of nitriles is 1. The number of ether oxygens (including phenoxy) is 1. The van der Waals surface area contributed by atoms with Gasteiger partial charge < -0.3 is 19.9 Å². The zero-order valence-corrected chi connectivity index (χ0v) is 18.7. The lowest BCUT2D eigenvalue weighted by atomic mass is 9.74. The van der Waals surface area contributed by atoms with Gasteiger partial charge in [-0.15, -0.1) is 0 Å². The van der Waals surface area contributed by atoms with Gasteiger partial charge in [-0.05, 0) is 37.0 Å². The minimum absolute atomic E-state index is 0.106. The molecule has 0 spiro atoms. The summed E-state index contributed by atoms with van der Waals surface area (Å²) in [6.45, 7) is 2.46. The van der Waals surface area contributed by atoms with E-state index in [0.29, 0.717) is 63.0 Å². The normalized spacial score (nSPS) is 21.8. The summed E-state index contributed by atoms with van der Waals surface area (Å²) in [4.78, 5) is 25.3. The number of benzene rings is 1. The predicted octanol–water partition coefficient (Wildman–Crippen LogP) is 2.65. The van der Waals surface area contributed by atoms with Gasteiger partial charge in [0.15, 0.2) is 11.6 Å². The maximum absolute atomic E-state index is 13.4. The number of halogens is 1. The van der Waals surface area contributed by atoms with Crippen LogP contribution in [0.2, 0.25) is 0 Å². The van der Waals surface area contributed by atoms with E-state index >= 15 is 0 Å². The van der Waals surface area contributed by atoms with Crippen molar-refractivity contribution < 1.29 is 13.9 Å². The minimum atomic E-state index is -0.635. The number of nitrogens with one attached hydrogen (secondary N) is 1. The zero-order valence-electron chi connectivity index (χ0n) is 18.7. The number of hydrogen-bond acceptors (Lipinski definition) is 7. The van der Waals surface area contributed by atoms with Gasteiger partial charge in [-0.2, -0.15) is 10.2 Å². The van der Waals surface area contributed by atoms with E-state index < -0.39 is 5.41 Å². The Kier molecular flexibility index (Phi) is 5.52. The van der Waals surface area contributed by atoms with Crippen molar-refractivity contribution in [2.45, 2.75) is 43.6 Å². The van der Waals surface area contributed by atoms with Gasteiger partial charge in [0.2, 0.25) is 11.9 Å². The topological polar surface area (TPSA) is 94.4 Å². The number of fused-ring (bicyclic) bond motifs is 1. The average molecular weight is 451 g/mol. The van der Waals surface area contributed by atoms with E-state index in [1.807, 2.05) is 7.05 Å². The smallest absolute Gasteiger partial charge is 0.227 e. The van der Waals surface area contributed by atoms with Crippen molar-refractivity contribution in [1.82, 2.24) is 14.9 Å². The summed E-state index contributed by atoms with van der Waals surface area (Å²) in [5, 5.41) is 13.5. The molecule has 3 aliphatic heterocycles. The van der Waals surface area contributed by atoms with Crippen LogP contribution in [0.15, 0.2) is 24.3 Å². The van der Waals surface area contributed by atoms with Crippen LogP contribution in [0.1, 0.15) is 36.9 Å². The van der Waals surface area contributed by atoms with E-state index in [4.69, 9.17) is 14.7 Å². The third kappa shape index (κ3) is 4.06. The van der Waals surface area contributed by atoms with Crippen molar-refractivity contribution >= 4 is 17.7 Å². The van der Waals surface area contributed by atoms with Gasteiger partial charge in [-0.3, -0.25) is 4.79 Å². The standard InChI is InChI=1S/C24H27FN6O2/c1-30-14-18(6-7-20(30)32)27-22-21-19(8-13-33-21)28-23(29-22)31-11-9-24(15-26,10-12-31)16-2-4-17(25)5-3-16/h2-5,18H,6-14H2,1H3,(H,27,28,29)/t18-/m0/s1. The highest BCUT2D eigenvalue weighted by Crippen LogP contribution is 2.38. The number of aromatic nitrogens is 2. The molecule has 1 aromatic carbocycles. The molecule has 0 bridgehead atoms. The van der Waals surface area contributed by atoms with Crippen molar-refractivity contribution in [3.05, 3.63) is 41.3 Å². The van der Waals surface area contributed by atoms with E-state index in [-0.39, 0.29) is 17.8 Å². The monoisotopic (exact) mass is 450 g/mol. The molecule has 3 aliphatic rings. The van der Waals surface area contributed by atoms with Crippen LogP contribution in [0.4, 0.5) is 16.2 Å². The number of hydrogen-bond donors (Lipinski definition) is 1. The highest BCUT2D eigenvalue weighted by molar-refractivity contribution is 5.77. The first-order valence-electron chi connectivity index (χ1n) is 11.4. The first kappa shape index (κ1) is 21.4. The fourth-order valence-electron chi connectivity index (χ4n) is 4.94. The van der Waals surface area contributed by atoms with Gasteiger partial charge in [0, 0.05) is 45.6 Å². The number of anilines is 2. The quantitative estimate of drug-likeness (QED) is 0.765. The van der Waals surface area contributed by atoms with Crippen LogP contribution in [0.5, 0.6) is 5.75 Å². The lowest BCUT2D eigenvalue weighted by Gasteiger charge is -2.38. The van der Waals surface area contributed by atoms with Crippen LogP contribution >= 0.6 is 0 Å². The Morgan fingerprint density at radius 3 is 2.67 bits per heavy atom.